The quantitative estimate of drug-likeness (QED) is 0.367. The zero-order valence-electron chi connectivity index (χ0n) is 17.8. The molecule has 1 aromatic carbocycles. The summed E-state index contributed by atoms with van der Waals surface area (Å²) in [5, 5.41) is 7.31. The molecule has 6 rings (SSSR count). The van der Waals surface area contributed by atoms with Crippen molar-refractivity contribution < 1.29 is 4.39 Å². The summed E-state index contributed by atoms with van der Waals surface area (Å²) in [5.41, 5.74) is 7.37. The third kappa shape index (κ3) is 3.33. The van der Waals surface area contributed by atoms with Crippen LogP contribution in [0.1, 0.15) is 0 Å². The lowest BCUT2D eigenvalue weighted by atomic mass is 10.1. The van der Waals surface area contributed by atoms with E-state index in [2.05, 4.69) is 26.2 Å². The molecule has 0 radical (unpaired) electrons. The average molecular weight is 456 g/mol. The third-order valence-electron chi connectivity index (χ3n) is 5.52. The monoisotopic (exact) mass is 455 g/mol. The van der Waals surface area contributed by atoms with Gasteiger partial charge in [0.2, 0.25) is 0 Å². The minimum Gasteiger partial charge on any atom is -0.376 e. The van der Waals surface area contributed by atoms with E-state index in [1.54, 1.807) is 12.3 Å². The van der Waals surface area contributed by atoms with Crippen molar-refractivity contribution in [2.24, 2.45) is 0 Å². The molecule has 0 amide bonds. The molecule has 0 aliphatic heterocycles. The molecule has 5 aromatic heterocycles. The number of anilines is 1. The highest BCUT2D eigenvalue weighted by molar-refractivity contribution is 7.14. The molecule has 0 bridgehead atoms. The van der Waals surface area contributed by atoms with Crippen LogP contribution in [-0.2, 0) is 0 Å². The number of H-pyrrole nitrogens is 2. The first-order chi connectivity index (χ1) is 16.1. The number of hydrogen-bond donors (Lipinski definition) is 2. The molecule has 162 valence electrons. The lowest BCUT2D eigenvalue weighted by Crippen LogP contribution is -2.08. The van der Waals surface area contributed by atoms with Crippen LogP contribution in [0.3, 0.4) is 0 Å². The van der Waals surface area contributed by atoms with E-state index in [0.29, 0.717) is 17.0 Å². The molecule has 0 atom stereocenters. The zero-order chi connectivity index (χ0) is 22.5. The highest BCUT2D eigenvalue weighted by Crippen LogP contribution is 2.34. The number of nitrogens with one attached hydrogen (secondary N) is 2. The first kappa shape index (κ1) is 19.6. The van der Waals surface area contributed by atoms with Crippen LogP contribution < -0.4 is 4.90 Å². The Morgan fingerprint density at radius 2 is 1.85 bits per heavy atom. The van der Waals surface area contributed by atoms with E-state index in [9.17, 15) is 4.39 Å². The second kappa shape index (κ2) is 7.49. The smallest absolute Gasteiger partial charge is 0.176 e. The molecule has 0 aliphatic carbocycles. The van der Waals surface area contributed by atoms with Crippen molar-refractivity contribution in [2.45, 2.75) is 0 Å². The Kier molecular flexibility index (Phi) is 4.44. The van der Waals surface area contributed by atoms with Crippen LogP contribution in [0.25, 0.3) is 55.3 Å². The Hall–Kier alpha value is -4.11. The largest absolute Gasteiger partial charge is 0.376 e. The summed E-state index contributed by atoms with van der Waals surface area (Å²) >= 11 is 1.10. The molecular formula is C24H18FN7S. The van der Waals surface area contributed by atoms with Gasteiger partial charge in [-0.2, -0.15) is 9.49 Å². The van der Waals surface area contributed by atoms with Crippen LogP contribution in [0.5, 0.6) is 0 Å². The highest BCUT2D eigenvalue weighted by atomic mass is 32.1. The van der Waals surface area contributed by atoms with Crippen LogP contribution in [-0.4, -0.2) is 44.2 Å². The number of halogens is 1. The van der Waals surface area contributed by atoms with Gasteiger partial charge in [-0.25, -0.2) is 9.97 Å². The fourth-order valence-corrected chi connectivity index (χ4v) is 4.60. The Labute approximate surface area is 192 Å². The summed E-state index contributed by atoms with van der Waals surface area (Å²) < 4.78 is 13.6. The number of benzene rings is 1. The number of hydrogen-bond acceptors (Lipinski definition) is 6. The van der Waals surface area contributed by atoms with Gasteiger partial charge in [0.1, 0.15) is 5.52 Å². The Morgan fingerprint density at radius 3 is 2.67 bits per heavy atom. The normalized spacial score (nSPS) is 11.5. The number of pyridine rings is 2. The van der Waals surface area contributed by atoms with Gasteiger partial charge in [0, 0.05) is 36.3 Å². The lowest BCUT2D eigenvalue weighted by molar-refractivity contribution is 0.657. The maximum Gasteiger partial charge on any atom is 0.176 e. The van der Waals surface area contributed by atoms with Crippen molar-refractivity contribution in [3.8, 4) is 33.2 Å². The van der Waals surface area contributed by atoms with Crippen LogP contribution in [0.4, 0.5) is 10.1 Å². The Morgan fingerprint density at radius 1 is 0.939 bits per heavy atom. The van der Waals surface area contributed by atoms with Crippen LogP contribution >= 0.6 is 11.3 Å². The van der Waals surface area contributed by atoms with Crippen LogP contribution in [0.15, 0.2) is 60.9 Å². The van der Waals surface area contributed by atoms with Gasteiger partial charge in [-0.1, -0.05) is 12.1 Å². The number of nitrogens with zero attached hydrogens (tertiary/aromatic N) is 5. The second-order valence-electron chi connectivity index (χ2n) is 7.88. The molecular weight excluding hydrogens is 437 g/mol. The summed E-state index contributed by atoms with van der Waals surface area (Å²) in [6, 6.07) is 15.0. The van der Waals surface area contributed by atoms with Gasteiger partial charge < -0.3 is 9.88 Å². The SMILES string of the molecule is CN(C)c1cncc(-c2ccc3[nH]nc(-c4nc5c(-c6ccc(F)s6)cccc5[nH]4)c3n2)c1. The maximum absolute atomic E-state index is 13.6. The van der Waals surface area contributed by atoms with Crippen molar-refractivity contribution in [1.82, 2.24) is 30.1 Å². The molecule has 5 heterocycles. The minimum atomic E-state index is -0.222. The standard InChI is InChI=1S/C24H18FN7S/c1-32(2)14-10-13(11-26-12-14)16-6-7-18-22(27-16)23(31-30-18)24-28-17-5-3-4-15(21(17)29-24)19-8-9-20(25)33-19/h3-12H,1-2H3,(H,28,29)(H,30,31). The number of fused-ring (bicyclic) bond motifs is 2. The van der Waals surface area contributed by atoms with E-state index in [1.807, 2.05) is 55.5 Å². The first-order valence-electron chi connectivity index (χ1n) is 10.3. The number of aromatic amines is 2. The topological polar surface area (TPSA) is 86.4 Å². The van der Waals surface area contributed by atoms with E-state index >= 15 is 0 Å². The fourth-order valence-electron chi connectivity index (χ4n) is 3.84. The molecule has 0 aliphatic rings. The second-order valence-corrected chi connectivity index (χ2v) is 8.92. The molecule has 7 nitrogen and oxygen atoms in total. The van der Waals surface area contributed by atoms with Gasteiger partial charge in [-0.15, -0.1) is 11.3 Å². The molecule has 33 heavy (non-hydrogen) atoms. The summed E-state index contributed by atoms with van der Waals surface area (Å²) in [5.74, 6) is 0.602. The third-order valence-corrected chi connectivity index (χ3v) is 6.43. The summed E-state index contributed by atoms with van der Waals surface area (Å²) in [4.78, 5) is 20.2. The van der Waals surface area contributed by atoms with E-state index in [0.717, 1.165) is 55.3 Å². The fraction of sp³-hybridized carbons (Fsp3) is 0.0833. The van der Waals surface area contributed by atoms with E-state index < -0.39 is 0 Å². The van der Waals surface area contributed by atoms with Gasteiger partial charge in [0.25, 0.3) is 0 Å². The summed E-state index contributed by atoms with van der Waals surface area (Å²) in [7, 11) is 3.96. The molecule has 6 aromatic rings. The van der Waals surface area contributed by atoms with Gasteiger partial charge in [-0.3, -0.25) is 10.1 Å². The minimum absolute atomic E-state index is 0.222. The molecule has 9 heteroatoms. The number of rotatable bonds is 4. The van der Waals surface area contributed by atoms with Gasteiger partial charge in [-0.05, 0) is 36.4 Å². The molecule has 0 spiro atoms. The number of aromatic nitrogens is 6. The lowest BCUT2D eigenvalue weighted by Gasteiger charge is -2.12. The molecule has 0 unspecified atom stereocenters. The van der Waals surface area contributed by atoms with Crippen molar-refractivity contribution >= 4 is 39.1 Å². The van der Waals surface area contributed by atoms with E-state index in [-0.39, 0.29) is 5.13 Å². The highest BCUT2D eigenvalue weighted by Gasteiger charge is 2.17. The molecule has 0 fully saturated rings. The van der Waals surface area contributed by atoms with Crippen LogP contribution in [0, 0.1) is 5.13 Å². The van der Waals surface area contributed by atoms with Crippen molar-refractivity contribution in [1.29, 1.82) is 0 Å². The van der Waals surface area contributed by atoms with Gasteiger partial charge in [0.05, 0.1) is 34.1 Å². The molecule has 0 saturated carbocycles. The zero-order valence-corrected chi connectivity index (χ0v) is 18.6. The predicted molar refractivity (Wildman–Crippen MR) is 130 cm³/mol. The number of thiophene rings is 1. The number of para-hydroxylation sites is 1. The molecule has 0 saturated heterocycles. The number of imidazole rings is 1. The van der Waals surface area contributed by atoms with Crippen molar-refractivity contribution in [3.63, 3.8) is 0 Å². The first-order valence-corrected chi connectivity index (χ1v) is 11.1. The molecule has 2 N–H and O–H groups in total. The summed E-state index contributed by atoms with van der Waals surface area (Å²) in [6.45, 7) is 0. The maximum atomic E-state index is 13.6. The van der Waals surface area contributed by atoms with Crippen molar-refractivity contribution in [2.75, 3.05) is 19.0 Å². The predicted octanol–water partition coefficient (Wildman–Crippen LogP) is 5.50. The Bertz CT molecular complexity index is 1630. The van der Waals surface area contributed by atoms with Gasteiger partial charge >= 0.3 is 0 Å². The van der Waals surface area contributed by atoms with E-state index in [4.69, 9.17) is 9.97 Å². The van der Waals surface area contributed by atoms with Crippen molar-refractivity contribution in [3.05, 3.63) is 66.1 Å². The Balaban J connectivity index is 1.48. The van der Waals surface area contributed by atoms with E-state index in [1.165, 1.54) is 6.07 Å². The average Bonchev–Trinajstić information content (AvgIpc) is 3.55. The van der Waals surface area contributed by atoms with Crippen LogP contribution in [0.2, 0.25) is 0 Å². The van der Waals surface area contributed by atoms with Gasteiger partial charge in [0.15, 0.2) is 16.6 Å². The summed E-state index contributed by atoms with van der Waals surface area (Å²) in [6.07, 6.45) is 3.62.